The van der Waals surface area contributed by atoms with E-state index >= 15 is 0 Å². The Bertz CT molecular complexity index is 1070. The van der Waals surface area contributed by atoms with Crippen LogP contribution >= 0.6 is 15.9 Å². The second-order valence-corrected chi connectivity index (χ2v) is 8.04. The van der Waals surface area contributed by atoms with Crippen LogP contribution in [-0.4, -0.2) is 16.4 Å². The molecule has 0 radical (unpaired) electrons. The SMILES string of the molecule is N#Cc1c(N2Cc3ccccc3C2)ccc2c1-c1c(Br)cnn1CCCCO2. The molecular formula is C22H19BrN4O. The van der Waals surface area contributed by atoms with Crippen molar-refractivity contribution >= 4 is 21.6 Å². The van der Waals surface area contributed by atoms with Crippen molar-refractivity contribution in [1.29, 1.82) is 5.26 Å². The van der Waals surface area contributed by atoms with Gasteiger partial charge in [0.2, 0.25) is 0 Å². The van der Waals surface area contributed by atoms with E-state index in [4.69, 9.17) is 4.74 Å². The van der Waals surface area contributed by atoms with E-state index in [1.54, 1.807) is 6.20 Å². The molecule has 3 aromatic rings. The van der Waals surface area contributed by atoms with Crippen LogP contribution in [0.3, 0.4) is 0 Å². The Labute approximate surface area is 172 Å². The van der Waals surface area contributed by atoms with E-state index in [9.17, 15) is 5.26 Å². The molecule has 0 saturated carbocycles. The molecule has 0 bridgehead atoms. The first-order valence-corrected chi connectivity index (χ1v) is 10.3. The molecule has 140 valence electrons. The Morgan fingerprint density at radius 3 is 2.61 bits per heavy atom. The van der Waals surface area contributed by atoms with E-state index < -0.39 is 0 Å². The number of ether oxygens (including phenoxy) is 1. The molecule has 0 saturated heterocycles. The number of aromatic nitrogens is 2. The number of hydrogen-bond acceptors (Lipinski definition) is 4. The van der Waals surface area contributed by atoms with Crippen molar-refractivity contribution in [1.82, 2.24) is 9.78 Å². The number of halogens is 1. The second kappa shape index (κ2) is 6.99. The van der Waals surface area contributed by atoms with Gasteiger partial charge in [-0.15, -0.1) is 0 Å². The van der Waals surface area contributed by atoms with Gasteiger partial charge in [-0.1, -0.05) is 24.3 Å². The number of anilines is 1. The minimum Gasteiger partial charge on any atom is -0.493 e. The first-order valence-electron chi connectivity index (χ1n) is 9.49. The summed E-state index contributed by atoms with van der Waals surface area (Å²) in [6, 6.07) is 15.0. The van der Waals surface area contributed by atoms with Crippen molar-refractivity contribution in [3.8, 4) is 23.1 Å². The molecule has 1 aromatic heterocycles. The largest absolute Gasteiger partial charge is 0.493 e. The Hall–Kier alpha value is -2.78. The number of benzene rings is 2. The molecule has 0 fully saturated rings. The molecule has 2 aliphatic rings. The highest BCUT2D eigenvalue weighted by atomic mass is 79.9. The molecule has 0 atom stereocenters. The molecule has 2 aliphatic heterocycles. The number of nitriles is 1. The predicted molar refractivity (Wildman–Crippen MR) is 111 cm³/mol. The van der Waals surface area contributed by atoms with Crippen LogP contribution in [0.25, 0.3) is 11.3 Å². The van der Waals surface area contributed by atoms with E-state index in [1.807, 2.05) is 16.8 Å². The Morgan fingerprint density at radius 1 is 1.07 bits per heavy atom. The fourth-order valence-corrected chi connectivity index (χ4v) is 4.63. The maximum Gasteiger partial charge on any atom is 0.130 e. The molecule has 6 heteroatoms. The smallest absolute Gasteiger partial charge is 0.130 e. The molecule has 5 rings (SSSR count). The zero-order chi connectivity index (χ0) is 19.1. The van der Waals surface area contributed by atoms with Crippen molar-refractivity contribution < 1.29 is 4.74 Å². The van der Waals surface area contributed by atoms with Gasteiger partial charge >= 0.3 is 0 Å². The first-order chi connectivity index (χ1) is 13.8. The van der Waals surface area contributed by atoms with Gasteiger partial charge in [0.25, 0.3) is 0 Å². The fourth-order valence-electron chi connectivity index (χ4n) is 4.13. The average Bonchev–Trinajstić information content (AvgIpc) is 3.31. The topological polar surface area (TPSA) is 54.1 Å². The quantitative estimate of drug-likeness (QED) is 0.547. The second-order valence-electron chi connectivity index (χ2n) is 7.19. The van der Waals surface area contributed by atoms with Crippen LogP contribution < -0.4 is 9.64 Å². The molecule has 0 amide bonds. The normalized spacial score (nSPS) is 15.4. The van der Waals surface area contributed by atoms with Crippen molar-refractivity contribution in [3.05, 3.63) is 63.8 Å². The third-order valence-corrected chi connectivity index (χ3v) is 6.07. The van der Waals surface area contributed by atoms with Gasteiger partial charge in [-0.3, -0.25) is 4.68 Å². The Balaban J connectivity index is 1.68. The number of nitrogens with zero attached hydrogens (tertiary/aromatic N) is 4. The molecule has 0 unspecified atom stereocenters. The molecular weight excluding hydrogens is 416 g/mol. The van der Waals surface area contributed by atoms with Crippen molar-refractivity contribution in [2.24, 2.45) is 0 Å². The zero-order valence-electron chi connectivity index (χ0n) is 15.4. The highest BCUT2D eigenvalue weighted by Crippen LogP contribution is 2.43. The molecule has 5 nitrogen and oxygen atoms in total. The summed E-state index contributed by atoms with van der Waals surface area (Å²) < 4.78 is 8.95. The Morgan fingerprint density at radius 2 is 1.86 bits per heavy atom. The lowest BCUT2D eigenvalue weighted by atomic mass is 10.0. The summed E-state index contributed by atoms with van der Waals surface area (Å²) in [5.74, 6) is 0.751. The van der Waals surface area contributed by atoms with Gasteiger partial charge in [0.05, 0.1) is 39.8 Å². The Kier molecular flexibility index (Phi) is 4.33. The van der Waals surface area contributed by atoms with Gasteiger partial charge in [0, 0.05) is 19.6 Å². The van der Waals surface area contributed by atoms with Crippen LogP contribution in [0.4, 0.5) is 5.69 Å². The summed E-state index contributed by atoms with van der Waals surface area (Å²) in [5, 5.41) is 14.7. The van der Waals surface area contributed by atoms with Gasteiger partial charge in [-0.05, 0) is 52.0 Å². The predicted octanol–water partition coefficient (Wildman–Crippen LogP) is 4.88. The van der Waals surface area contributed by atoms with Crippen molar-refractivity contribution in [3.63, 3.8) is 0 Å². The summed E-state index contributed by atoms with van der Waals surface area (Å²) >= 11 is 3.64. The van der Waals surface area contributed by atoms with Gasteiger partial charge in [0.1, 0.15) is 11.8 Å². The highest BCUT2D eigenvalue weighted by molar-refractivity contribution is 9.10. The minimum absolute atomic E-state index is 0.648. The summed E-state index contributed by atoms with van der Waals surface area (Å²) in [5.41, 5.74) is 5.98. The van der Waals surface area contributed by atoms with Gasteiger partial charge in [-0.25, -0.2) is 0 Å². The van der Waals surface area contributed by atoms with Crippen LogP contribution in [0.15, 0.2) is 47.1 Å². The van der Waals surface area contributed by atoms with Crippen LogP contribution in [0.5, 0.6) is 5.75 Å². The number of rotatable bonds is 1. The molecule has 0 N–H and O–H groups in total. The van der Waals surface area contributed by atoms with E-state index in [2.05, 4.69) is 56.3 Å². The highest BCUT2D eigenvalue weighted by Gasteiger charge is 2.27. The van der Waals surface area contributed by atoms with Gasteiger partial charge in [-0.2, -0.15) is 10.4 Å². The summed E-state index contributed by atoms with van der Waals surface area (Å²) in [6.07, 6.45) is 3.76. The lowest BCUT2D eigenvalue weighted by Crippen LogP contribution is -2.16. The number of hydrogen-bond donors (Lipinski definition) is 0. The third-order valence-electron chi connectivity index (χ3n) is 5.49. The van der Waals surface area contributed by atoms with Gasteiger partial charge < -0.3 is 9.64 Å². The van der Waals surface area contributed by atoms with E-state index in [1.165, 1.54) is 11.1 Å². The molecule has 0 aliphatic carbocycles. The van der Waals surface area contributed by atoms with E-state index in [-0.39, 0.29) is 0 Å². The summed E-state index contributed by atoms with van der Waals surface area (Å²) in [6.45, 7) is 3.08. The summed E-state index contributed by atoms with van der Waals surface area (Å²) in [4.78, 5) is 2.27. The molecule has 2 aromatic carbocycles. The van der Waals surface area contributed by atoms with Crippen LogP contribution in [0.2, 0.25) is 0 Å². The lowest BCUT2D eigenvalue weighted by Gasteiger charge is -2.22. The number of fused-ring (bicyclic) bond motifs is 4. The van der Waals surface area contributed by atoms with Crippen molar-refractivity contribution in [2.75, 3.05) is 11.5 Å². The van der Waals surface area contributed by atoms with E-state index in [0.29, 0.717) is 12.2 Å². The number of aryl methyl sites for hydroxylation is 1. The third kappa shape index (κ3) is 2.78. The van der Waals surface area contributed by atoms with Crippen LogP contribution in [0, 0.1) is 11.3 Å². The maximum atomic E-state index is 10.2. The summed E-state index contributed by atoms with van der Waals surface area (Å²) in [7, 11) is 0. The molecule has 0 spiro atoms. The molecule has 28 heavy (non-hydrogen) atoms. The average molecular weight is 435 g/mol. The van der Waals surface area contributed by atoms with E-state index in [0.717, 1.165) is 59.6 Å². The monoisotopic (exact) mass is 434 g/mol. The van der Waals surface area contributed by atoms with Crippen LogP contribution in [-0.2, 0) is 19.6 Å². The zero-order valence-corrected chi connectivity index (χ0v) is 16.9. The first kappa shape index (κ1) is 17.3. The fraction of sp³-hybridized carbons (Fsp3) is 0.273. The van der Waals surface area contributed by atoms with Gasteiger partial charge in [0.15, 0.2) is 0 Å². The van der Waals surface area contributed by atoms with Crippen LogP contribution in [0.1, 0.15) is 29.5 Å². The maximum absolute atomic E-state index is 10.2. The van der Waals surface area contributed by atoms with Crippen molar-refractivity contribution in [2.45, 2.75) is 32.5 Å². The molecule has 3 heterocycles. The lowest BCUT2D eigenvalue weighted by molar-refractivity contribution is 0.306. The minimum atomic E-state index is 0.648. The standard InChI is InChI=1S/C22H19BrN4O/c23-18-12-25-27-9-3-4-10-28-20-8-7-19(17(11-24)21(20)22(18)27)26-13-15-5-1-2-6-16(15)14-26/h1-2,5-8,12H,3-4,9-10,13-14H2.